The molecule has 0 spiro atoms. The zero-order valence-corrected chi connectivity index (χ0v) is 19.3. The van der Waals surface area contributed by atoms with Gasteiger partial charge in [0.25, 0.3) is 0 Å². The number of amides is 1. The smallest absolute Gasteiger partial charge is 0.239 e. The lowest BCUT2D eigenvalue weighted by Crippen LogP contribution is -2.43. The molecule has 0 aliphatic carbocycles. The van der Waals surface area contributed by atoms with Gasteiger partial charge in [0.2, 0.25) is 5.91 Å². The van der Waals surface area contributed by atoms with Crippen LogP contribution < -0.4 is 20.7 Å². The van der Waals surface area contributed by atoms with E-state index in [1.165, 1.54) is 4.90 Å². The van der Waals surface area contributed by atoms with E-state index in [2.05, 4.69) is 33.1 Å². The molecule has 8 heteroatoms. The molecule has 2 aromatic rings. The van der Waals surface area contributed by atoms with Gasteiger partial charge in [-0.2, -0.15) is 0 Å². The fourth-order valence-corrected chi connectivity index (χ4v) is 3.04. The zero-order chi connectivity index (χ0) is 19.3. The Balaban J connectivity index is 0.00000392. The van der Waals surface area contributed by atoms with Gasteiger partial charge in [-0.1, -0.05) is 30.3 Å². The normalized spacial score (nSPS) is 10.6. The summed E-state index contributed by atoms with van der Waals surface area (Å²) in [6.45, 7) is 1.40. The van der Waals surface area contributed by atoms with E-state index in [0.717, 1.165) is 23.6 Å². The topological polar surface area (TPSA) is 74.8 Å². The summed E-state index contributed by atoms with van der Waals surface area (Å²) in [6.07, 6.45) is 0. The summed E-state index contributed by atoms with van der Waals surface area (Å²) in [6, 6.07) is 17.8. The van der Waals surface area contributed by atoms with Crippen LogP contribution >= 0.6 is 35.7 Å². The van der Waals surface area contributed by atoms with Crippen LogP contribution in [-0.4, -0.2) is 44.9 Å². The Bertz CT molecular complexity index is 727. The lowest BCUT2D eigenvalue weighted by molar-refractivity contribution is -0.120. The van der Waals surface area contributed by atoms with Crippen molar-refractivity contribution in [3.63, 3.8) is 0 Å². The van der Waals surface area contributed by atoms with Gasteiger partial charge in [0, 0.05) is 30.8 Å². The molecule has 0 aliphatic rings. The number of hydrogen-bond acceptors (Lipinski definition) is 4. The first-order valence-corrected chi connectivity index (χ1v) is 9.72. The molecule has 2 aromatic carbocycles. The van der Waals surface area contributed by atoms with Gasteiger partial charge in [-0.25, -0.2) is 0 Å². The first-order chi connectivity index (χ1) is 13.2. The van der Waals surface area contributed by atoms with Crippen molar-refractivity contribution in [2.24, 2.45) is 4.99 Å². The molecule has 0 aliphatic heterocycles. The van der Waals surface area contributed by atoms with Crippen molar-refractivity contribution in [3.8, 4) is 5.75 Å². The highest BCUT2D eigenvalue weighted by atomic mass is 127. The van der Waals surface area contributed by atoms with Crippen molar-refractivity contribution < 1.29 is 9.53 Å². The number of carbonyl (C=O) groups excluding carboxylic acids is 1. The molecule has 0 fully saturated rings. The van der Waals surface area contributed by atoms with Gasteiger partial charge in [-0.3, -0.25) is 9.79 Å². The van der Waals surface area contributed by atoms with Crippen molar-refractivity contribution in [1.82, 2.24) is 16.0 Å². The maximum atomic E-state index is 12.0. The molecule has 152 valence electrons. The average Bonchev–Trinajstić information content (AvgIpc) is 2.72. The van der Waals surface area contributed by atoms with Gasteiger partial charge >= 0.3 is 0 Å². The number of nitrogens with one attached hydrogen (secondary N) is 3. The van der Waals surface area contributed by atoms with E-state index in [1.807, 2.05) is 42.5 Å². The van der Waals surface area contributed by atoms with E-state index < -0.39 is 0 Å². The second-order valence-electron chi connectivity index (χ2n) is 5.64. The van der Waals surface area contributed by atoms with Crippen molar-refractivity contribution in [1.29, 1.82) is 0 Å². The molecule has 28 heavy (non-hydrogen) atoms. The number of benzene rings is 2. The van der Waals surface area contributed by atoms with Crippen LogP contribution in [0.4, 0.5) is 0 Å². The van der Waals surface area contributed by atoms with E-state index in [0.29, 0.717) is 12.5 Å². The number of nitrogens with zero attached hydrogens (tertiary/aromatic N) is 1. The molecule has 0 radical (unpaired) electrons. The van der Waals surface area contributed by atoms with E-state index >= 15 is 0 Å². The molecule has 0 bridgehead atoms. The lowest BCUT2D eigenvalue weighted by atomic mass is 10.2. The van der Waals surface area contributed by atoms with Gasteiger partial charge in [0.1, 0.15) is 5.75 Å². The van der Waals surface area contributed by atoms with Crippen molar-refractivity contribution in [2.75, 3.05) is 33.0 Å². The zero-order valence-electron chi connectivity index (χ0n) is 16.1. The van der Waals surface area contributed by atoms with E-state index in [-0.39, 0.29) is 36.4 Å². The third-order valence-electron chi connectivity index (χ3n) is 3.70. The van der Waals surface area contributed by atoms with Crippen LogP contribution in [0.1, 0.15) is 5.56 Å². The number of aliphatic imine (C=N–C) groups is 1. The van der Waals surface area contributed by atoms with Crippen LogP contribution in [0.15, 0.2) is 64.5 Å². The Labute approximate surface area is 187 Å². The highest BCUT2D eigenvalue weighted by Gasteiger charge is 2.04. The lowest BCUT2D eigenvalue weighted by Gasteiger charge is -2.12. The quantitative estimate of drug-likeness (QED) is 0.158. The summed E-state index contributed by atoms with van der Waals surface area (Å²) in [5.41, 5.74) is 1.02. The Hall–Kier alpha value is -1.94. The summed E-state index contributed by atoms with van der Waals surface area (Å²) in [5, 5.41) is 9.10. The molecule has 6 nitrogen and oxygen atoms in total. The molecule has 2 rings (SSSR count). The Morgan fingerprint density at radius 1 is 1.04 bits per heavy atom. The number of methoxy groups -OCH3 is 1. The van der Waals surface area contributed by atoms with Crippen LogP contribution in [0.25, 0.3) is 0 Å². The average molecular weight is 514 g/mol. The van der Waals surface area contributed by atoms with Crippen molar-refractivity contribution >= 4 is 47.6 Å². The molecule has 3 N–H and O–H groups in total. The number of guanidine groups is 1. The van der Waals surface area contributed by atoms with E-state index in [4.69, 9.17) is 4.74 Å². The molecule has 0 heterocycles. The number of hydrogen-bond donors (Lipinski definition) is 3. The minimum absolute atomic E-state index is 0. The fraction of sp³-hybridized carbons (Fsp3) is 0.300. The van der Waals surface area contributed by atoms with E-state index in [1.54, 1.807) is 25.9 Å². The predicted molar refractivity (Wildman–Crippen MR) is 127 cm³/mol. The van der Waals surface area contributed by atoms with Gasteiger partial charge in [-0.05, 0) is 29.8 Å². The highest BCUT2D eigenvalue weighted by Crippen LogP contribution is 2.15. The van der Waals surface area contributed by atoms with Crippen LogP contribution in [-0.2, 0) is 11.3 Å². The summed E-state index contributed by atoms with van der Waals surface area (Å²) in [7, 11) is 3.32. The Kier molecular flexibility index (Phi) is 12.1. The molecule has 0 aromatic heterocycles. The van der Waals surface area contributed by atoms with E-state index in [9.17, 15) is 4.79 Å². The summed E-state index contributed by atoms with van der Waals surface area (Å²) >= 11 is 1.77. The van der Waals surface area contributed by atoms with Gasteiger partial charge in [0.15, 0.2) is 5.96 Å². The third-order valence-corrected chi connectivity index (χ3v) is 4.71. The first-order valence-electron chi connectivity index (χ1n) is 8.73. The highest BCUT2D eigenvalue weighted by molar-refractivity contribution is 14.0. The molecular weight excluding hydrogens is 487 g/mol. The van der Waals surface area contributed by atoms with Crippen LogP contribution in [0, 0.1) is 0 Å². The minimum Gasteiger partial charge on any atom is -0.497 e. The minimum atomic E-state index is -0.0903. The van der Waals surface area contributed by atoms with Crippen molar-refractivity contribution in [2.45, 2.75) is 11.4 Å². The van der Waals surface area contributed by atoms with Crippen molar-refractivity contribution in [3.05, 3.63) is 60.2 Å². The third kappa shape index (κ3) is 9.32. The largest absolute Gasteiger partial charge is 0.497 e. The maximum Gasteiger partial charge on any atom is 0.239 e. The molecular formula is C20H27IN4O2S. The Morgan fingerprint density at radius 2 is 1.75 bits per heavy atom. The summed E-state index contributed by atoms with van der Waals surface area (Å²) in [4.78, 5) is 17.4. The number of ether oxygens (including phenoxy) is 1. The monoisotopic (exact) mass is 514 g/mol. The number of carbonyl (C=O) groups is 1. The standard InChI is InChI=1S/C20H26N4O2S.HI/c1-21-20(22-12-13-27-18-6-4-3-5-7-18)24-15-19(25)23-14-16-8-10-17(26-2)11-9-16;/h3-11H,12-15H2,1-2H3,(H,23,25)(H2,21,22,24);1H. The first kappa shape index (κ1) is 24.1. The predicted octanol–water partition coefficient (Wildman–Crippen LogP) is 2.89. The molecule has 1 amide bonds. The summed E-state index contributed by atoms with van der Waals surface area (Å²) in [5.74, 6) is 2.23. The second kappa shape index (κ2) is 14.1. The SMILES string of the molecule is CN=C(NCCSc1ccccc1)NCC(=O)NCc1ccc(OC)cc1.I. The van der Waals surface area contributed by atoms with Gasteiger partial charge in [0.05, 0.1) is 13.7 Å². The number of halogens is 1. The van der Waals surface area contributed by atoms with Crippen LogP contribution in [0.2, 0.25) is 0 Å². The summed E-state index contributed by atoms with van der Waals surface area (Å²) < 4.78 is 5.12. The number of thioether (sulfide) groups is 1. The van der Waals surface area contributed by atoms with Crippen LogP contribution in [0.3, 0.4) is 0 Å². The fourth-order valence-electron chi connectivity index (χ4n) is 2.25. The van der Waals surface area contributed by atoms with Crippen LogP contribution in [0.5, 0.6) is 5.75 Å². The van der Waals surface area contributed by atoms with Gasteiger partial charge < -0.3 is 20.7 Å². The molecule has 0 atom stereocenters. The number of rotatable bonds is 9. The Morgan fingerprint density at radius 3 is 2.39 bits per heavy atom. The molecule has 0 saturated carbocycles. The molecule has 0 unspecified atom stereocenters. The maximum absolute atomic E-state index is 12.0. The van der Waals surface area contributed by atoms with Gasteiger partial charge in [-0.15, -0.1) is 35.7 Å². The second-order valence-corrected chi connectivity index (χ2v) is 6.81. The molecule has 0 saturated heterocycles.